The number of carboxylic acid groups (broad SMARTS) is 1. The minimum absolute atomic E-state index is 0.0821. The lowest BCUT2D eigenvalue weighted by atomic mass is 10.1. The second-order valence-corrected chi connectivity index (χ2v) is 3.25. The van der Waals surface area contributed by atoms with Crippen molar-refractivity contribution in [1.29, 1.82) is 0 Å². The molecule has 0 fully saturated rings. The van der Waals surface area contributed by atoms with E-state index in [9.17, 15) is 9.59 Å². The monoisotopic (exact) mass is 204 g/mol. The van der Waals surface area contributed by atoms with Crippen LogP contribution in [0.1, 0.15) is 16.1 Å². The third-order valence-corrected chi connectivity index (χ3v) is 2.13. The summed E-state index contributed by atoms with van der Waals surface area (Å²) in [6.07, 6.45) is 0. The van der Waals surface area contributed by atoms with Gasteiger partial charge in [0, 0.05) is 0 Å². The topological polar surface area (TPSA) is 67.5 Å². The predicted molar refractivity (Wildman–Crippen MR) is 54.2 cm³/mol. The van der Waals surface area contributed by atoms with Crippen molar-refractivity contribution in [2.75, 3.05) is 0 Å². The predicted octanol–water partition coefficient (Wildman–Crippen LogP) is 1.80. The van der Waals surface area contributed by atoms with Gasteiger partial charge in [-0.2, -0.15) is 0 Å². The normalized spacial score (nSPS) is 10.5. The van der Waals surface area contributed by atoms with Crippen LogP contribution in [0.25, 0.3) is 10.8 Å². The number of hydrogen-bond donors (Lipinski definition) is 1. The van der Waals surface area contributed by atoms with Crippen molar-refractivity contribution in [2.24, 2.45) is 0 Å². The number of carboxylic acids is 1. The standard InChI is InChI=1S/C11H8O4/c1-6-4-7-2-3-8(10(12)13)5-9(7)11(14)15-6/h2-5H,1H3,(H,12,13). The van der Waals surface area contributed by atoms with Gasteiger partial charge in [-0.25, -0.2) is 9.59 Å². The van der Waals surface area contributed by atoms with Crippen molar-refractivity contribution < 1.29 is 14.3 Å². The van der Waals surface area contributed by atoms with Gasteiger partial charge in [0.15, 0.2) is 0 Å². The van der Waals surface area contributed by atoms with Crippen LogP contribution in [0.5, 0.6) is 0 Å². The van der Waals surface area contributed by atoms with Crippen LogP contribution in [0.3, 0.4) is 0 Å². The molecule has 0 bridgehead atoms. The molecule has 4 nitrogen and oxygen atoms in total. The van der Waals surface area contributed by atoms with E-state index in [-0.39, 0.29) is 5.56 Å². The summed E-state index contributed by atoms with van der Waals surface area (Å²) >= 11 is 0. The van der Waals surface area contributed by atoms with E-state index in [1.54, 1.807) is 19.1 Å². The van der Waals surface area contributed by atoms with Gasteiger partial charge in [-0.05, 0) is 30.5 Å². The van der Waals surface area contributed by atoms with Crippen LogP contribution in [-0.4, -0.2) is 11.1 Å². The maximum absolute atomic E-state index is 11.4. The fourth-order valence-electron chi connectivity index (χ4n) is 1.44. The fraction of sp³-hybridized carbons (Fsp3) is 0.0909. The fourth-order valence-corrected chi connectivity index (χ4v) is 1.44. The van der Waals surface area contributed by atoms with Crippen molar-refractivity contribution in [3.05, 3.63) is 46.0 Å². The van der Waals surface area contributed by atoms with E-state index >= 15 is 0 Å². The van der Waals surface area contributed by atoms with Crippen molar-refractivity contribution in [3.63, 3.8) is 0 Å². The molecule has 0 amide bonds. The van der Waals surface area contributed by atoms with E-state index in [0.29, 0.717) is 16.5 Å². The Balaban J connectivity index is 2.83. The minimum Gasteiger partial charge on any atom is -0.478 e. The third-order valence-electron chi connectivity index (χ3n) is 2.13. The van der Waals surface area contributed by atoms with Crippen molar-refractivity contribution >= 4 is 16.7 Å². The Kier molecular flexibility index (Phi) is 2.04. The van der Waals surface area contributed by atoms with Gasteiger partial charge in [0.05, 0.1) is 10.9 Å². The molecule has 2 aromatic rings. The summed E-state index contributed by atoms with van der Waals surface area (Å²) in [5.74, 6) is -0.549. The lowest BCUT2D eigenvalue weighted by molar-refractivity contribution is 0.0697. The highest BCUT2D eigenvalue weighted by Crippen LogP contribution is 2.14. The number of benzene rings is 1. The Labute approximate surface area is 84.8 Å². The molecule has 0 spiro atoms. The summed E-state index contributed by atoms with van der Waals surface area (Å²) in [7, 11) is 0. The summed E-state index contributed by atoms with van der Waals surface area (Å²) in [4.78, 5) is 22.1. The molecular weight excluding hydrogens is 196 g/mol. The summed E-state index contributed by atoms with van der Waals surface area (Å²) < 4.78 is 4.88. The molecule has 4 heteroatoms. The highest BCUT2D eigenvalue weighted by molar-refractivity contribution is 5.93. The molecular formula is C11H8O4. The number of fused-ring (bicyclic) bond motifs is 1. The van der Waals surface area contributed by atoms with Gasteiger partial charge in [-0.1, -0.05) is 6.07 Å². The molecule has 1 aromatic carbocycles. The quantitative estimate of drug-likeness (QED) is 0.769. The van der Waals surface area contributed by atoms with Gasteiger partial charge in [-0.15, -0.1) is 0 Å². The maximum atomic E-state index is 11.4. The average molecular weight is 204 g/mol. The molecule has 0 saturated heterocycles. The first kappa shape index (κ1) is 9.45. The number of hydrogen-bond acceptors (Lipinski definition) is 3. The Bertz CT molecular complexity index is 595. The van der Waals surface area contributed by atoms with Crippen LogP contribution in [-0.2, 0) is 0 Å². The smallest absolute Gasteiger partial charge is 0.343 e. The molecule has 1 heterocycles. The van der Waals surface area contributed by atoms with Crippen LogP contribution in [0.2, 0.25) is 0 Å². The Morgan fingerprint density at radius 2 is 2.07 bits per heavy atom. The van der Waals surface area contributed by atoms with Crippen molar-refractivity contribution in [3.8, 4) is 0 Å². The number of aromatic carboxylic acids is 1. The van der Waals surface area contributed by atoms with Crippen LogP contribution < -0.4 is 5.63 Å². The number of aryl methyl sites for hydroxylation is 1. The van der Waals surface area contributed by atoms with Gasteiger partial charge < -0.3 is 9.52 Å². The van der Waals surface area contributed by atoms with Gasteiger partial charge in [0.1, 0.15) is 5.76 Å². The first-order chi connectivity index (χ1) is 7.08. The van der Waals surface area contributed by atoms with Crippen LogP contribution in [0.4, 0.5) is 0 Å². The van der Waals surface area contributed by atoms with E-state index in [4.69, 9.17) is 9.52 Å². The van der Waals surface area contributed by atoms with E-state index in [0.717, 1.165) is 0 Å². The molecule has 15 heavy (non-hydrogen) atoms. The molecule has 0 aliphatic rings. The highest BCUT2D eigenvalue weighted by Gasteiger charge is 2.07. The Morgan fingerprint density at radius 1 is 1.33 bits per heavy atom. The average Bonchev–Trinajstić information content (AvgIpc) is 2.16. The molecule has 0 saturated carbocycles. The number of carbonyl (C=O) groups is 1. The largest absolute Gasteiger partial charge is 0.478 e. The lowest BCUT2D eigenvalue weighted by Gasteiger charge is -1.99. The van der Waals surface area contributed by atoms with Crippen LogP contribution >= 0.6 is 0 Å². The second-order valence-electron chi connectivity index (χ2n) is 3.25. The Hall–Kier alpha value is -2.10. The third kappa shape index (κ3) is 1.61. The van der Waals surface area contributed by atoms with Crippen LogP contribution in [0, 0.1) is 6.92 Å². The zero-order valence-electron chi connectivity index (χ0n) is 7.98. The molecule has 0 aliphatic heterocycles. The molecule has 1 aromatic heterocycles. The summed E-state index contributed by atoms with van der Waals surface area (Å²) in [6.45, 7) is 1.67. The zero-order chi connectivity index (χ0) is 11.0. The molecule has 76 valence electrons. The first-order valence-corrected chi connectivity index (χ1v) is 4.36. The lowest BCUT2D eigenvalue weighted by Crippen LogP contribution is -2.03. The second kappa shape index (κ2) is 3.24. The summed E-state index contributed by atoms with van der Waals surface area (Å²) in [5.41, 5.74) is -0.424. The van der Waals surface area contributed by atoms with Gasteiger partial charge in [0.25, 0.3) is 0 Å². The van der Waals surface area contributed by atoms with Gasteiger partial charge >= 0.3 is 11.6 Å². The zero-order valence-corrected chi connectivity index (χ0v) is 7.98. The van der Waals surface area contributed by atoms with Gasteiger partial charge in [-0.3, -0.25) is 0 Å². The molecule has 0 unspecified atom stereocenters. The summed E-state index contributed by atoms with van der Waals surface area (Å²) in [6, 6.07) is 6.08. The molecule has 1 N–H and O–H groups in total. The molecule has 0 radical (unpaired) electrons. The van der Waals surface area contributed by atoms with Crippen molar-refractivity contribution in [2.45, 2.75) is 6.92 Å². The highest BCUT2D eigenvalue weighted by atomic mass is 16.4. The van der Waals surface area contributed by atoms with E-state index in [1.165, 1.54) is 12.1 Å². The van der Waals surface area contributed by atoms with Crippen LogP contribution in [0.15, 0.2) is 33.5 Å². The minimum atomic E-state index is -1.06. The molecule has 0 atom stereocenters. The summed E-state index contributed by atoms with van der Waals surface area (Å²) in [5, 5.41) is 9.74. The maximum Gasteiger partial charge on any atom is 0.343 e. The Morgan fingerprint density at radius 3 is 2.73 bits per heavy atom. The number of rotatable bonds is 1. The van der Waals surface area contributed by atoms with E-state index in [1.807, 2.05) is 0 Å². The molecule has 0 aliphatic carbocycles. The van der Waals surface area contributed by atoms with E-state index in [2.05, 4.69) is 0 Å². The van der Waals surface area contributed by atoms with Crippen molar-refractivity contribution in [1.82, 2.24) is 0 Å². The van der Waals surface area contributed by atoms with Gasteiger partial charge in [0.2, 0.25) is 0 Å². The first-order valence-electron chi connectivity index (χ1n) is 4.36. The SMILES string of the molecule is Cc1cc2ccc(C(=O)O)cc2c(=O)o1. The van der Waals surface area contributed by atoms with E-state index < -0.39 is 11.6 Å². The molecule has 2 rings (SSSR count).